The second-order valence-corrected chi connectivity index (χ2v) is 10.7. The van der Waals surface area contributed by atoms with Crippen LogP contribution in [-0.2, 0) is 14.3 Å². The Kier molecular flexibility index (Phi) is 7.04. The van der Waals surface area contributed by atoms with Gasteiger partial charge in [0.05, 0.1) is 5.57 Å². The maximum absolute atomic E-state index is 13.7. The second kappa shape index (κ2) is 10.2. The fourth-order valence-electron chi connectivity index (χ4n) is 5.67. The van der Waals surface area contributed by atoms with Gasteiger partial charge in [0, 0.05) is 39.4 Å². The molecule has 1 N–H and O–H groups in total. The second-order valence-electron chi connectivity index (χ2n) is 9.79. The first-order valence-electron chi connectivity index (χ1n) is 12.4. The molecule has 35 heavy (non-hydrogen) atoms. The molecule has 2 aromatic carbocycles. The lowest BCUT2D eigenvalue weighted by Crippen LogP contribution is -2.37. The van der Waals surface area contributed by atoms with Crippen molar-refractivity contribution in [2.75, 3.05) is 0 Å². The van der Waals surface area contributed by atoms with Gasteiger partial charge >= 0.3 is 5.97 Å². The van der Waals surface area contributed by atoms with Crippen LogP contribution in [0, 0.1) is 0 Å². The SMILES string of the molecule is CC1=C(C(=O)OC2CCCCC2)[C@H](c2ccc(Cl)cc2)C2=C(C[C@@H](c3ccc(Cl)cc3)CC2=O)N1. The number of carbonyl (C=O) groups excluding carboxylic acids is 2. The van der Waals surface area contributed by atoms with Crippen LogP contribution in [0.4, 0.5) is 0 Å². The quantitative estimate of drug-likeness (QED) is 0.441. The molecular formula is C29H29Cl2NO3. The monoisotopic (exact) mass is 509 g/mol. The maximum atomic E-state index is 13.7. The van der Waals surface area contributed by atoms with E-state index >= 15 is 0 Å². The van der Waals surface area contributed by atoms with Crippen molar-refractivity contribution in [3.63, 3.8) is 0 Å². The molecule has 0 amide bonds. The van der Waals surface area contributed by atoms with Crippen LogP contribution in [0.1, 0.15) is 74.8 Å². The van der Waals surface area contributed by atoms with Crippen LogP contribution in [0.5, 0.6) is 0 Å². The van der Waals surface area contributed by atoms with Gasteiger partial charge in [-0.05, 0) is 80.3 Å². The highest BCUT2D eigenvalue weighted by Crippen LogP contribution is 2.46. The van der Waals surface area contributed by atoms with Crippen molar-refractivity contribution < 1.29 is 14.3 Å². The van der Waals surface area contributed by atoms with Crippen molar-refractivity contribution in [1.29, 1.82) is 0 Å². The molecule has 2 aliphatic carbocycles. The van der Waals surface area contributed by atoms with Gasteiger partial charge in [-0.15, -0.1) is 0 Å². The van der Waals surface area contributed by atoms with E-state index in [1.54, 1.807) is 0 Å². The molecule has 1 heterocycles. The predicted octanol–water partition coefficient (Wildman–Crippen LogP) is 7.23. The number of ketones is 1. The topological polar surface area (TPSA) is 55.4 Å². The molecule has 2 atom stereocenters. The van der Waals surface area contributed by atoms with E-state index in [1.807, 2.05) is 55.5 Å². The van der Waals surface area contributed by atoms with Gasteiger partial charge < -0.3 is 10.1 Å². The molecule has 0 aromatic heterocycles. The first kappa shape index (κ1) is 24.1. The molecule has 4 nitrogen and oxygen atoms in total. The largest absolute Gasteiger partial charge is 0.459 e. The van der Waals surface area contributed by atoms with E-state index in [-0.39, 0.29) is 23.8 Å². The fraction of sp³-hybridized carbons (Fsp3) is 0.379. The molecule has 6 heteroatoms. The Morgan fingerprint density at radius 3 is 2.11 bits per heavy atom. The van der Waals surface area contributed by atoms with E-state index in [1.165, 1.54) is 6.42 Å². The number of hydrogen-bond donors (Lipinski definition) is 1. The van der Waals surface area contributed by atoms with Crippen LogP contribution < -0.4 is 5.32 Å². The van der Waals surface area contributed by atoms with E-state index in [4.69, 9.17) is 27.9 Å². The summed E-state index contributed by atoms with van der Waals surface area (Å²) in [6, 6.07) is 15.1. The minimum atomic E-state index is -0.474. The maximum Gasteiger partial charge on any atom is 0.337 e. The lowest BCUT2D eigenvalue weighted by atomic mass is 9.71. The van der Waals surface area contributed by atoms with Crippen molar-refractivity contribution in [3.8, 4) is 0 Å². The third kappa shape index (κ3) is 5.05. The first-order valence-corrected chi connectivity index (χ1v) is 13.1. The van der Waals surface area contributed by atoms with Crippen LogP contribution in [0.15, 0.2) is 71.1 Å². The van der Waals surface area contributed by atoms with Crippen molar-refractivity contribution in [2.45, 2.75) is 69.8 Å². The zero-order chi connectivity index (χ0) is 24.5. The fourth-order valence-corrected chi connectivity index (χ4v) is 5.92. The molecule has 182 valence electrons. The third-order valence-corrected chi connectivity index (χ3v) is 7.92. The van der Waals surface area contributed by atoms with Crippen LogP contribution in [0.2, 0.25) is 10.0 Å². The van der Waals surface area contributed by atoms with Crippen molar-refractivity contribution in [1.82, 2.24) is 5.32 Å². The molecule has 1 fully saturated rings. The summed E-state index contributed by atoms with van der Waals surface area (Å²) in [5, 5.41) is 4.71. The van der Waals surface area contributed by atoms with Crippen LogP contribution in [-0.4, -0.2) is 17.9 Å². The summed E-state index contributed by atoms with van der Waals surface area (Å²) in [4.78, 5) is 27.2. The van der Waals surface area contributed by atoms with E-state index in [0.717, 1.165) is 48.2 Å². The van der Waals surface area contributed by atoms with Gasteiger partial charge in [0.1, 0.15) is 6.10 Å². The smallest absolute Gasteiger partial charge is 0.337 e. The van der Waals surface area contributed by atoms with Gasteiger partial charge in [-0.3, -0.25) is 4.79 Å². The Morgan fingerprint density at radius 1 is 0.886 bits per heavy atom. The number of rotatable bonds is 4. The van der Waals surface area contributed by atoms with Crippen LogP contribution in [0.25, 0.3) is 0 Å². The van der Waals surface area contributed by atoms with Crippen LogP contribution in [0.3, 0.4) is 0 Å². The number of Topliss-reactive ketones (excluding diaryl/α,β-unsaturated/α-hetero) is 1. The van der Waals surface area contributed by atoms with Gasteiger partial charge in [0.25, 0.3) is 0 Å². The molecule has 0 unspecified atom stereocenters. The lowest BCUT2D eigenvalue weighted by Gasteiger charge is -2.37. The first-order chi connectivity index (χ1) is 16.9. The van der Waals surface area contributed by atoms with E-state index in [2.05, 4.69) is 5.32 Å². The van der Waals surface area contributed by atoms with Gasteiger partial charge in [-0.2, -0.15) is 0 Å². The van der Waals surface area contributed by atoms with Gasteiger partial charge in [-0.25, -0.2) is 4.79 Å². The molecular weight excluding hydrogens is 481 g/mol. The Labute approximate surface area is 216 Å². The minimum absolute atomic E-state index is 0.0501. The molecule has 0 bridgehead atoms. The molecule has 1 saturated carbocycles. The molecule has 3 aliphatic rings. The van der Waals surface area contributed by atoms with Gasteiger partial charge in [0.15, 0.2) is 5.78 Å². The van der Waals surface area contributed by atoms with E-state index in [0.29, 0.717) is 34.0 Å². The number of hydrogen-bond acceptors (Lipinski definition) is 4. The highest BCUT2D eigenvalue weighted by Gasteiger charge is 2.41. The summed E-state index contributed by atoms with van der Waals surface area (Å²) >= 11 is 12.2. The molecule has 2 aromatic rings. The zero-order valence-corrected chi connectivity index (χ0v) is 21.3. The Hall–Kier alpha value is -2.56. The van der Waals surface area contributed by atoms with Gasteiger partial charge in [-0.1, -0.05) is 53.9 Å². The highest BCUT2D eigenvalue weighted by molar-refractivity contribution is 6.30. The molecule has 1 aliphatic heterocycles. The normalized spacial score (nSPS) is 23.1. The molecule has 5 rings (SSSR count). The Balaban J connectivity index is 1.51. The third-order valence-electron chi connectivity index (χ3n) is 7.42. The lowest BCUT2D eigenvalue weighted by molar-refractivity contribution is -0.146. The standard InChI is InChI=1S/C29H29Cl2NO3/c1-17-26(29(34)35-23-5-3-2-4-6-23)27(19-9-13-22(31)14-10-19)28-24(32-17)15-20(16-25(28)33)18-7-11-21(30)12-8-18/h7-14,20,23,27,32H,2-6,15-16H2,1H3/t20-,27+/m1/s1. The predicted molar refractivity (Wildman–Crippen MR) is 138 cm³/mol. The summed E-state index contributed by atoms with van der Waals surface area (Å²) < 4.78 is 5.98. The Bertz CT molecular complexity index is 1190. The van der Waals surface area contributed by atoms with Crippen LogP contribution >= 0.6 is 23.2 Å². The minimum Gasteiger partial charge on any atom is -0.459 e. The number of nitrogens with one attached hydrogen (secondary N) is 1. The van der Waals surface area contributed by atoms with Crippen molar-refractivity contribution in [2.24, 2.45) is 0 Å². The average molecular weight is 510 g/mol. The summed E-state index contributed by atoms with van der Waals surface area (Å²) in [7, 11) is 0. The number of benzene rings is 2. The molecule has 0 radical (unpaired) electrons. The van der Waals surface area contributed by atoms with E-state index in [9.17, 15) is 9.59 Å². The van der Waals surface area contributed by atoms with Crippen molar-refractivity contribution in [3.05, 3.63) is 92.2 Å². The summed E-state index contributed by atoms with van der Waals surface area (Å²) in [6.07, 6.45) is 6.15. The average Bonchev–Trinajstić information content (AvgIpc) is 2.84. The number of dihydropyridines is 1. The van der Waals surface area contributed by atoms with Gasteiger partial charge in [0.2, 0.25) is 0 Å². The Morgan fingerprint density at radius 2 is 1.49 bits per heavy atom. The van der Waals surface area contributed by atoms with Crippen molar-refractivity contribution >= 4 is 35.0 Å². The number of carbonyl (C=O) groups is 2. The number of esters is 1. The highest BCUT2D eigenvalue weighted by atomic mass is 35.5. The summed E-state index contributed by atoms with van der Waals surface area (Å²) in [6.45, 7) is 1.90. The molecule has 0 spiro atoms. The number of ether oxygens (including phenoxy) is 1. The summed E-state index contributed by atoms with van der Waals surface area (Å²) in [5.41, 5.74) is 4.77. The van der Waals surface area contributed by atoms with E-state index < -0.39 is 5.92 Å². The number of allylic oxidation sites excluding steroid dienone is 3. The number of halogens is 2. The summed E-state index contributed by atoms with van der Waals surface area (Å²) in [5.74, 6) is -0.700. The zero-order valence-electron chi connectivity index (χ0n) is 19.8. The molecule has 0 saturated heterocycles.